The Morgan fingerprint density at radius 2 is 1.07 bits per heavy atom. The molecule has 6 rings (SSSR count). The van der Waals surface area contributed by atoms with E-state index in [1.807, 2.05) is 0 Å². The van der Waals surface area contributed by atoms with E-state index in [0.717, 1.165) is 0 Å². The van der Waals surface area contributed by atoms with Gasteiger partial charge in [0.1, 0.15) is 13.2 Å². The number of ether oxygens (including phenoxy) is 4. The molecular formula is C31H32I2N4O9. The third-order valence-electron chi connectivity index (χ3n) is 8.41. The van der Waals surface area contributed by atoms with E-state index in [9.17, 15) is 24.0 Å². The zero-order valence-electron chi connectivity index (χ0n) is 25.5. The van der Waals surface area contributed by atoms with Crippen molar-refractivity contribution in [1.82, 2.24) is 20.4 Å². The van der Waals surface area contributed by atoms with Gasteiger partial charge in [0, 0.05) is 47.2 Å². The SMILES string of the molecule is CC(=O)NC1COc2cc(I)c(C(=O)N3CC4(C)CN(C(=O)c5cc6c(cc5I)OCC(NC(C)=O)O6)CC(C)(C3)C4=O)cc2O1. The molecule has 13 nitrogen and oxygen atoms in total. The van der Waals surface area contributed by atoms with Gasteiger partial charge in [0.15, 0.2) is 28.8 Å². The summed E-state index contributed by atoms with van der Waals surface area (Å²) in [6.45, 7) is 7.14. The van der Waals surface area contributed by atoms with Gasteiger partial charge in [0.2, 0.25) is 24.3 Å². The molecule has 4 amide bonds. The monoisotopic (exact) mass is 858 g/mol. The molecule has 4 aliphatic rings. The lowest BCUT2D eigenvalue weighted by molar-refractivity contribution is -0.153. The summed E-state index contributed by atoms with van der Waals surface area (Å²) in [5.41, 5.74) is -1.24. The number of piperidine rings is 2. The first-order valence-electron chi connectivity index (χ1n) is 14.6. The fourth-order valence-corrected chi connectivity index (χ4v) is 7.99. The van der Waals surface area contributed by atoms with E-state index < -0.39 is 23.3 Å². The number of amides is 4. The number of carbonyl (C=O) groups is 5. The molecule has 2 atom stereocenters. The van der Waals surface area contributed by atoms with Gasteiger partial charge in [-0.3, -0.25) is 24.0 Å². The van der Waals surface area contributed by atoms with E-state index >= 15 is 0 Å². The molecule has 2 unspecified atom stereocenters. The molecule has 2 aromatic carbocycles. The van der Waals surface area contributed by atoms with Crippen LogP contribution < -0.4 is 29.6 Å². The second-order valence-electron chi connectivity index (χ2n) is 12.6. The molecule has 2 fully saturated rings. The van der Waals surface area contributed by atoms with E-state index in [-0.39, 0.29) is 68.8 Å². The van der Waals surface area contributed by atoms with Crippen LogP contribution in [0.2, 0.25) is 0 Å². The van der Waals surface area contributed by atoms with Crippen molar-refractivity contribution in [2.75, 3.05) is 39.4 Å². The van der Waals surface area contributed by atoms with Crippen molar-refractivity contribution < 1.29 is 42.9 Å². The number of carbonyl (C=O) groups excluding carboxylic acids is 5. The maximum Gasteiger partial charge on any atom is 0.255 e. The third-order valence-corrected chi connectivity index (χ3v) is 10.2. The number of likely N-dealkylation sites (tertiary alicyclic amines) is 2. The summed E-state index contributed by atoms with van der Waals surface area (Å²) in [7, 11) is 0. The van der Waals surface area contributed by atoms with Crippen LogP contribution in [0.15, 0.2) is 24.3 Å². The second kappa shape index (κ2) is 12.0. The number of ketones is 1. The Balaban J connectivity index is 1.22. The summed E-state index contributed by atoms with van der Waals surface area (Å²) < 4.78 is 24.6. The molecule has 244 valence electrons. The molecule has 0 aromatic heterocycles. The molecule has 2 bridgehead atoms. The van der Waals surface area contributed by atoms with Crippen molar-refractivity contribution in [2.24, 2.45) is 10.8 Å². The zero-order valence-corrected chi connectivity index (χ0v) is 29.8. The van der Waals surface area contributed by atoms with Gasteiger partial charge < -0.3 is 39.4 Å². The van der Waals surface area contributed by atoms with E-state index in [2.05, 4.69) is 55.8 Å². The average molecular weight is 858 g/mol. The topological polar surface area (TPSA) is 153 Å². The fraction of sp³-hybridized carbons (Fsp3) is 0.452. The Morgan fingerprint density at radius 1 is 0.696 bits per heavy atom. The van der Waals surface area contributed by atoms with Crippen LogP contribution in [-0.2, 0) is 14.4 Å². The Kier molecular flexibility index (Phi) is 8.52. The van der Waals surface area contributed by atoms with E-state index in [4.69, 9.17) is 18.9 Å². The maximum absolute atomic E-state index is 14.0. The lowest BCUT2D eigenvalue weighted by Crippen LogP contribution is -2.69. The Morgan fingerprint density at radius 3 is 1.41 bits per heavy atom. The minimum Gasteiger partial charge on any atom is -0.484 e. The molecule has 2 saturated heterocycles. The summed E-state index contributed by atoms with van der Waals surface area (Å²) in [6.07, 6.45) is -1.37. The van der Waals surface area contributed by atoms with Gasteiger partial charge >= 0.3 is 0 Å². The zero-order chi connectivity index (χ0) is 33.1. The molecule has 2 aromatic rings. The fourth-order valence-electron chi connectivity index (χ4n) is 6.65. The summed E-state index contributed by atoms with van der Waals surface area (Å²) in [5.74, 6) is 0.574. The number of hydrogen-bond acceptors (Lipinski definition) is 9. The van der Waals surface area contributed by atoms with Gasteiger partial charge in [0.05, 0.1) is 22.0 Å². The van der Waals surface area contributed by atoms with Crippen LogP contribution in [0, 0.1) is 18.0 Å². The number of nitrogens with zero attached hydrogens (tertiary/aromatic N) is 2. The molecule has 4 heterocycles. The van der Waals surface area contributed by atoms with Gasteiger partial charge in [-0.1, -0.05) is 0 Å². The van der Waals surface area contributed by atoms with Crippen LogP contribution >= 0.6 is 45.2 Å². The minimum absolute atomic E-state index is 0.0122. The molecule has 2 N–H and O–H groups in total. The Labute approximate surface area is 292 Å². The number of nitrogens with one attached hydrogen (secondary N) is 2. The lowest BCUT2D eigenvalue weighted by Gasteiger charge is -2.55. The van der Waals surface area contributed by atoms with Crippen LogP contribution in [-0.4, -0.2) is 91.1 Å². The Hall–Kier alpha value is -3.35. The van der Waals surface area contributed by atoms with Crippen molar-refractivity contribution in [3.8, 4) is 23.0 Å². The van der Waals surface area contributed by atoms with Crippen molar-refractivity contribution in [3.63, 3.8) is 0 Å². The van der Waals surface area contributed by atoms with Gasteiger partial charge in [0.25, 0.3) is 11.8 Å². The normalized spacial score (nSPS) is 26.3. The summed E-state index contributed by atoms with van der Waals surface area (Å²) in [4.78, 5) is 68.2. The van der Waals surface area contributed by atoms with Crippen LogP contribution in [0.3, 0.4) is 0 Å². The lowest BCUT2D eigenvalue weighted by atomic mass is 9.64. The number of halogens is 2. The van der Waals surface area contributed by atoms with Crippen LogP contribution in [0.4, 0.5) is 0 Å². The summed E-state index contributed by atoms with van der Waals surface area (Å²) in [5, 5.41) is 5.32. The smallest absolute Gasteiger partial charge is 0.255 e. The number of fused-ring (bicyclic) bond motifs is 4. The predicted molar refractivity (Wildman–Crippen MR) is 179 cm³/mol. The first kappa shape index (κ1) is 32.6. The maximum atomic E-state index is 14.0. The molecule has 0 radical (unpaired) electrons. The van der Waals surface area contributed by atoms with E-state index in [1.165, 1.54) is 13.8 Å². The highest BCUT2D eigenvalue weighted by Crippen LogP contribution is 2.45. The standard InChI is InChI=1S/C31H32I2N4O9/c1-15(38)34-25-9-43-21-7-19(32)17(5-23(21)45-25)27(40)36-11-30(3)13-37(14-31(4,12-36)29(30)42)28(41)18-6-24-22(8-20(18)33)44-10-26(46-24)35-16(2)39/h5-8,25-26H,9-14H2,1-4H3,(H,34,38)(H,35,39). The van der Waals surface area contributed by atoms with Crippen molar-refractivity contribution in [2.45, 2.75) is 40.2 Å². The van der Waals surface area contributed by atoms with E-state index in [0.29, 0.717) is 41.3 Å². The average Bonchev–Trinajstić information content (AvgIpc) is 2.97. The number of hydrogen-bond donors (Lipinski definition) is 2. The van der Waals surface area contributed by atoms with Gasteiger partial charge in [-0.2, -0.15) is 0 Å². The number of benzene rings is 2. The number of Topliss-reactive ketones (excluding diaryl/α,β-unsaturated/α-hetero) is 1. The van der Waals surface area contributed by atoms with Crippen LogP contribution in [0.5, 0.6) is 23.0 Å². The molecular weight excluding hydrogens is 826 g/mol. The van der Waals surface area contributed by atoms with Crippen molar-refractivity contribution in [3.05, 3.63) is 42.5 Å². The third kappa shape index (κ3) is 6.06. The highest BCUT2D eigenvalue weighted by molar-refractivity contribution is 14.1. The molecule has 0 saturated carbocycles. The minimum atomic E-state index is -1.01. The van der Waals surface area contributed by atoms with Crippen LogP contribution in [0.1, 0.15) is 48.4 Å². The largest absolute Gasteiger partial charge is 0.484 e. The first-order chi connectivity index (χ1) is 21.7. The van der Waals surface area contributed by atoms with Gasteiger partial charge in [-0.15, -0.1) is 0 Å². The van der Waals surface area contributed by atoms with Gasteiger partial charge in [-0.25, -0.2) is 0 Å². The molecule has 4 aliphatic heterocycles. The van der Waals surface area contributed by atoms with Crippen molar-refractivity contribution in [1.29, 1.82) is 0 Å². The molecule has 46 heavy (non-hydrogen) atoms. The Bertz CT molecular complexity index is 1550. The second-order valence-corrected chi connectivity index (χ2v) is 14.9. The van der Waals surface area contributed by atoms with Crippen molar-refractivity contribution >= 4 is 74.6 Å². The van der Waals surface area contributed by atoms with Crippen LogP contribution in [0.25, 0.3) is 0 Å². The quantitative estimate of drug-likeness (QED) is 0.443. The highest BCUT2D eigenvalue weighted by atomic mass is 127. The molecule has 15 heteroatoms. The molecule has 0 aliphatic carbocycles. The summed E-state index contributed by atoms with van der Waals surface area (Å²) in [6, 6.07) is 6.67. The predicted octanol–water partition coefficient (Wildman–Crippen LogP) is 2.56. The van der Waals surface area contributed by atoms with Gasteiger partial charge in [-0.05, 0) is 83.3 Å². The number of rotatable bonds is 4. The van der Waals surface area contributed by atoms with E-state index in [1.54, 1.807) is 47.9 Å². The highest BCUT2D eigenvalue weighted by Gasteiger charge is 2.57. The summed E-state index contributed by atoms with van der Waals surface area (Å²) >= 11 is 4.16. The first-order valence-corrected chi connectivity index (χ1v) is 16.8. The molecule has 0 spiro atoms.